The minimum Gasteiger partial charge on any atom is -0.442 e. The first kappa shape index (κ1) is 18.1. The fourth-order valence-electron chi connectivity index (χ4n) is 2.97. The van der Waals surface area contributed by atoms with E-state index in [9.17, 15) is 4.79 Å². The van der Waals surface area contributed by atoms with Crippen LogP contribution in [0.25, 0.3) is 0 Å². The van der Waals surface area contributed by atoms with E-state index in [0.717, 1.165) is 12.0 Å². The number of nitriles is 1. The third-order valence-corrected chi connectivity index (χ3v) is 4.38. The molecular weight excluding hydrogens is 342 g/mol. The van der Waals surface area contributed by atoms with Crippen LogP contribution in [0.1, 0.15) is 40.9 Å². The first-order chi connectivity index (χ1) is 13.1. The summed E-state index contributed by atoms with van der Waals surface area (Å²) in [4.78, 5) is 17.2. The van der Waals surface area contributed by atoms with Crippen LogP contribution in [0.3, 0.4) is 0 Å². The fourth-order valence-corrected chi connectivity index (χ4v) is 2.97. The highest BCUT2D eigenvalue weighted by Crippen LogP contribution is 2.21. The van der Waals surface area contributed by atoms with Gasteiger partial charge in [0.1, 0.15) is 5.71 Å². The summed E-state index contributed by atoms with van der Waals surface area (Å²) < 4.78 is 4.94. The number of aromatic nitrogens is 2. The Balaban J connectivity index is 0.000000159. The summed E-state index contributed by atoms with van der Waals surface area (Å²) >= 11 is 0. The molecule has 0 unspecified atom stereocenters. The third-order valence-electron chi connectivity index (χ3n) is 4.38. The zero-order chi connectivity index (χ0) is 19.2. The Morgan fingerprint density at radius 3 is 2.74 bits per heavy atom. The van der Waals surface area contributed by atoms with Crippen molar-refractivity contribution in [3.05, 3.63) is 81.4 Å². The van der Waals surface area contributed by atoms with Crippen LogP contribution in [0.2, 0.25) is 0 Å². The summed E-state index contributed by atoms with van der Waals surface area (Å²) in [5.41, 5.74) is 9.63. The minimum absolute atomic E-state index is 0.0381. The van der Waals surface area contributed by atoms with E-state index in [0.29, 0.717) is 11.3 Å². The van der Waals surface area contributed by atoms with E-state index >= 15 is 0 Å². The molecule has 3 aromatic rings. The van der Waals surface area contributed by atoms with Crippen LogP contribution < -0.4 is 11.3 Å². The van der Waals surface area contributed by atoms with Crippen LogP contribution in [0, 0.1) is 16.7 Å². The molecule has 7 nitrogen and oxygen atoms in total. The molecule has 1 aliphatic carbocycles. The summed E-state index contributed by atoms with van der Waals surface area (Å²) in [5.74, 6) is 0.271. The Bertz CT molecular complexity index is 1040. The zero-order valence-electron chi connectivity index (χ0n) is 14.7. The van der Waals surface area contributed by atoms with Gasteiger partial charge in [0.25, 0.3) is 0 Å². The number of nitrogens with one attached hydrogen (secondary N) is 2. The minimum atomic E-state index is -0.316. The third kappa shape index (κ3) is 4.30. The molecule has 0 bridgehead atoms. The molecular formula is C20H19N5O2. The van der Waals surface area contributed by atoms with Gasteiger partial charge in [-0.1, -0.05) is 6.07 Å². The van der Waals surface area contributed by atoms with Crippen LogP contribution in [-0.4, -0.2) is 15.7 Å². The molecule has 0 aliphatic heterocycles. The highest BCUT2D eigenvalue weighted by Gasteiger charge is 2.12. The van der Waals surface area contributed by atoms with E-state index in [1.807, 2.05) is 12.1 Å². The normalized spacial score (nSPS) is 12.3. The number of nitrogens with two attached hydrogens (primary N) is 1. The van der Waals surface area contributed by atoms with Crippen molar-refractivity contribution in [1.82, 2.24) is 9.97 Å². The van der Waals surface area contributed by atoms with Crippen LogP contribution in [-0.2, 0) is 12.8 Å². The van der Waals surface area contributed by atoms with Gasteiger partial charge in [0.15, 0.2) is 12.2 Å². The smallest absolute Gasteiger partial charge is 0.248 e. The Labute approximate surface area is 156 Å². The van der Waals surface area contributed by atoms with Gasteiger partial charge in [-0.15, -0.1) is 0 Å². The molecule has 2 aromatic heterocycles. The Morgan fingerprint density at radius 1 is 1.26 bits per heavy atom. The van der Waals surface area contributed by atoms with Gasteiger partial charge in [-0.3, -0.25) is 10.2 Å². The van der Waals surface area contributed by atoms with Crippen molar-refractivity contribution < 1.29 is 4.42 Å². The number of pyridine rings is 1. The van der Waals surface area contributed by atoms with Crippen molar-refractivity contribution in [2.24, 2.45) is 0 Å². The number of hydrogen-bond donors (Lipinski definition) is 3. The van der Waals surface area contributed by atoms with Gasteiger partial charge in [0.2, 0.25) is 5.56 Å². The van der Waals surface area contributed by atoms with Crippen LogP contribution >= 0.6 is 0 Å². The number of hydrogen-bond acceptors (Lipinski definition) is 6. The van der Waals surface area contributed by atoms with Gasteiger partial charge in [0.05, 0.1) is 23.5 Å². The van der Waals surface area contributed by atoms with Crippen molar-refractivity contribution in [3.8, 4) is 6.07 Å². The van der Waals surface area contributed by atoms with Gasteiger partial charge >= 0.3 is 0 Å². The average Bonchev–Trinajstić information content (AvgIpc) is 3.24. The van der Waals surface area contributed by atoms with E-state index < -0.39 is 0 Å². The van der Waals surface area contributed by atoms with Gasteiger partial charge in [0, 0.05) is 17.8 Å². The molecule has 4 rings (SSSR count). The van der Waals surface area contributed by atoms with Gasteiger partial charge < -0.3 is 15.1 Å². The molecule has 0 amide bonds. The summed E-state index contributed by atoms with van der Waals surface area (Å²) in [5, 5.41) is 16.4. The lowest BCUT2D eigenvalue weighted by molar-refractivity contribution is 0.548. The number of H-pyrrole nitrogens is 1. The maximum absolute atomic E-state index is 11.1. The van der Waals surface area contributed by atoms with Gasteiger partial charge in [-0.05, 0) is 48.9 Å². The van der Waals surface area contributed by atoms with Crippen LogP contribution in [0.15, 0.2) is 52.3 Å². The second-order valence-corrected chi connectivity index (χ2v) is 6.21. The number of benzene rings is 1. The predicted octanol–water partition coefficient (Wildman–Crippen LogP) is 2.80. The van der Waals surface area contributed by atoms with Gasteiger partial charge in [-0.2, -0.15) is 5.26 Å². The maximum Gasteiger partial charge on any atom is 0.248 e. The van der Waals surface area contributed by atoms with Crippen molar-refractivity contribution in [2.75, 3.05) is 5.73 Å². The molecule has 0 radical (unpaired) electrons. The van der Waals surface area contributed by atoms with Gasteiger partial charge in [-0.25, -0.2) is 4.98 Å². The van der Waals surface area contributed by atoms with Crippen LogP contribution in [0.5, 0.6) is 0 Å². The Hall–Kier alpha value is -3.66. The second kappa shape index (κ2) is 8.15. The molecule has 27 heavy (non-hydrogen) atoms. The summed E-state index contributed by atoms with van der Waals surface area (Å²) in [6.45, 7) is 0. The number of anilines is 1. The molecule has 7 heteroatoms. The number of aromatic amines is 1. The SMILES string of the molecule is N#Cc1ccc2c(c1)CCCC2.N=C(c1cnco1)c1cc(=O)[nH]cc1N. The number of fused-ring (bicyclic) bond motifs is 1. The van der Waals surface area contributed by atoms with Crippen molar-refractivity contribution in [1.29, 1.82) is 10.7 Å². The molecule has 4 N–H and O–H groups in total. The van der Waals surface area contributed by atoms with Crippen LogP contribution in [0.4, 0.5) is 5.69 Å². The van der Waals surface area contributed by atoms with Crippen molar-refractivity contribution in [2.45, 2.75) is 25.7 Å². The number of nitrogens with zero attached hydrogens (tertiary/aromatic N) is 2. The van der Waals surface area contributed by atoms with E-state index in [1.54, 1.807) is 0 Å². The van der Waals surface area contributed by atoms with Crippen molar-refractivity contribution >= 4 is 11.4 Å². The molecule has 0 fully saturated rings. The molecule has 0 saturated carbocycles. The summed E-state index contributed by atoms with van der Waals surface area (Å²) in [6, 6.07) is 9.49. The largest absolute Gasteiger partial charge is 0.442 e. The molecule has 1 aliphatic rings. The number of oxazole rings is 1. The zero-order valence-corrected chi connectivity index (χ0v) is 14.7. The summed E-state index contributed by atoms with van der Waals surface area (Å²) in [7, 11) is 0. The van der Waals surface area contributed by atoms with Crippen molar-refractivity contribution in [3.63, 3.8) is 0 Å². The number of nitrogen functional groups attached to an aromatic ring is 1. The molecule has 2 heterocycles. The topological polar surface area (TPSA) is 133 Å². The first-order valence-electron chi connectivity index (χ1n) is 8.56. The molecule has 136 valence electrons. The molecule has 1 aromatic carbocycles. The molecule has 0 spiro atoms. The lowest BCUT2D eigenvalue weighted by Crippen LogP contribution is -2.12. The lowest BCUT2D eigenvalue weighted by atomic mass is 9.91. The number of rotatable bonds is 2. The van der Waals surface area contributed by atoms with E-state index in [2.05, 4.69) is 22.1 Å². The van der Waals surface area contributed by atoms with E-state index in [-0.39, 0.29) is 17.0 Å². The Morgan fingerprint density at radius 2 is 2.04 bits per heavy atom. The second-order valence-electron chi connectivity index (χ2n) is 6.21. The first-order valence-corrected chi connectivity index (χ1v) is 8.56. The Kier molecular flexibility index (Phi) is 5.47. The highest BCUT2D eigenvalue weighted by atomic mass is 16.3. The molecule has 0 atom stereocenters. The summed E-state index contributed by atoms with van der Waals surface area (Å²) in [6.07, 6.45) is 8.89. The lowest BCUT2D eigenvalue weighted by Gasteiger charge is -2.14. The average molecular weight is 361 g/mol. The van der Waals surface area contributed by atoms with E-state index in [1.165, 1.54) is 55.2 Å². The maximum atomic E-state index is 11.1. The molecule has 0 saturated heterocycles. The standard InChI is InChI=1S/C11H11N.C9H8N4O2/c12-8-9-5-6-10-3-1-2-4-11(10)7-9;10-6-2-13-8(14)1-5(6)9(11)7-3-12-4-15-7/h5-7H,1-4H2;1-4,11H,10H2,(H,13,14). The fraction of sp³-hybridized carbons (Fsp3) is 0.200. The predicted molar refractivity (Wildman–Crippen MR) is 102 cm³/mol. The highest BCUT2D eigenvalue weighted by molar-refractivity contribution is 6.11. The number of aryl methyl sites for hydroxylation is 2. The monoisotopic (exact) mass is 361 g/mol. The quantitative estimate of drug-likeness (QED) is 0.604. The van der Waals surface area contributed by atoms with E-state index in [4.69, 9.17) is 20.8 Å².